The molecule has 0 radical (unpaired) electrons. The minimum absolute atomic E-state index is 0.0299. The summed E-state index contributed by atoms with van der Waals surface area (Å²) in [7, 11) is -1.34. The highest BCUT2D eigenvalue weighted by Crippen LogP contribution is 2.22. The van der Waals surface area contributed by atoms with Gasteiger partial charge in [-0.15, -0.1) is 0 Å². The van der Waals surface area contributed by atoms with E-state index in [-0.39, 0.29) is 11.5 Å². The Bertz CT molecular complexity index is 522. The molecule has 2 heterocycles. The summed E-state index contributed by atoms with van der Waals surface area (Å²) in [6, 6.07) is 2.04. The number of nitrogens with zero attached hydrogens (tertiary/aromatic N) is 3. The molecule has 0 bridgehead atoms. The Morgan fingerprint density at radius 3 is 2.93 bits per heavy atom. The van der Waals surface area contributed by atoms with Gasteiger partial charge in [-0.1, -0.05) is 0 Å². The van der Waals surface area contributed by atoms with E-state index in [0.717, 1.165) is 5.56 Å². The Kier molecular flexibility index (Phi) is 1.86. The number of nitriles is 1. The molecule has 1 aromatic heterocycles. The van der Waals surface area contributed by atoms with Gasteiger partial charge in [0.15, 0.2) is 9.84 Å². The minimum Gasteiger partial charge on any atom is -0.257 e. The third kappa shape index (κ3) is 1.30. The minimum atomic E-state index is -2.99. The third-order valence-electron chi connectivity index (χ3n) is 2.35. The standard InChI is InChI=1S/C8H9N3O2S/c1-11-8(4-9)6-2-3-14(12,13)5-7(6)10-11/h2-3,5H2,1H3. The summed E-state index contributed by atoms with van der Waals surface area (Å²) < 4.78 is 24.0. The lowest BCUT2D eigenvalue weighted by molar-refractivity contribution is 0.590. The molecule has 0 spiro atoms. The molecule has 1 aliphatic rings. The van der Waals surface area contributed by atoms with Crippen LogP contribution in [0.3, 0.4) is 0 Å². The predicted octanol–water partition coefficient (Wildman–Crippen LogP) is -0.237. The zero-order chi connectivity index (χ0) is 10.3. The molecular formula is C8H9N3O2S. The molecule has 14 heavy (non-hydrogen) atoms. The zero-order valence-electron chi connectivity index (χ0n) is 7.69. The van der Waals surface area contributed by atoms with Gasteiger partial charge in [-0.05, 0) is 6.42 Å². The topological polar surface area (TPSA) is 75.8 Å². The fraction of sp³-hybridized carbons (Fsp3) is 0.500. The molecule has 0 saturated carbocycles. The maximum absolute atomic E-state index is 11.3. The third-order valence-corrected chi connectivity index (χ3v) is 3.89. The SMILES string of the molecule is Cn1nc2c(c1C#N)CCS(=O)(=O)C2. The largest absolute Gasteiger partial charge is 0.257 e. The van der Waals surface area contributed by atoms with Gasteiger partial charge in [-0.2, -0.15) is 10.4 Å². The number of aromatic nitrogens is 2. The van der Waals surface area contributed by atoms with Crippen LogP contribution in [0.15, 0.2) is 0 Å². The van der Waals surface area contributed by atoms with E-state index in [1.807, 2.05) is 6.07 Å². The van der Waals surface area contributed by atoms with Crippen LogP contribution in [0, 0.1) is 11.3 Å². The molecule has 0 unspecified atom stereocenters. The molecule has 0 amide bonds. The van der Waals surface area contributed by atoms with Crippen LogP contribution >= 0.6 is 0 Å². The number of rotatable bonds is 0. The molecule has 6 heteroatoms. The summed E-state index contributed by atoms with van der Waals surface area (Å²) in [4.78, 5) is 0. The summed E-state index contributed by atoms with van der Waals surface area (Å²) in [6.07, 6.45) is 0.411. The van der Waals surface area contributed by atoms with E-state index in [0.29, 0.717) is 17.8 Å². The van der Waals surface area contributed by atoms with Crippen molar-refractivity contribution in [2.24, 2.45) is 7.05 Å². The molecule has 0 N–H and O–H groups in total. The highest BCUT2D eigenvalue weighted by Gasteiger charge is 2.27. The smallest absolute Gasteiger partial charge is 0.156 e. The van der Waals surface area contributed by atoms with E-state index in [2.05, 4.69) is 5.10 Å². The quantitative estimate of drug-likeness (QED) is 0.593. The normalized spacial score (nSPS) is 18.6. The lowest BCUT2D eigenvalue weighted by Crippen LogP contribution is -2.18. The molecule has 1 aliphatic heterocycles. The molecule has 0 saturated heterocycles. The zero-order valence-corrected chi connectivity index (χ0v) is 8.50. The van der Waals surface area contributed by atoms with Crippen LogP contribution in [0.5, 0.6) is 0 Å². The van der Waals surface area contributed by atoms with Crippen molar-refractivity contribution in [1.82, 2.24) is 9.78 Å². The Labute approximate surface area is 81.9 Å². The highest BCUT2D eigenvalue weighted by molar-refractivity contribution is 7.90. The van der Waals surface area contributed by atoms with Crippen LogP contribution in [0.2, 0.25) is 0 Å². The summed E-state index contributed by atoms with van der Waals surface area (Å²) in [5.74, 6) is 0.0955. The van der Waals surface area contributed by atoms with E-state index in [9.17, 15) is 8.42 Å². The van der Waals surface area contributed by atoms with E-state index < -0.39 is 9.84 Å². The summed E-state index contributed by atoms with van der Waals surface area (Å²) >= 11 is 0. The van der Waals surface area contributed by atoms with Crippen LogP contribution in [0.1, 0.15) is 17.0 Å². The van der Waals surface area contributed by atoms with Crippen molar-refractivity contribution in [2.45, 2.75) is 12.2 Å². The first kappa shape index (κ1) is 9.21. The van der Waals surface area contributed by atoms with Crippen molar-refractivity contribution < 1.29 is 8.42 Å². The first-order valence-electron chi connectivity index (χ1n) is 4.19. The van der Waals surface area contributed by atoms with Crippen molar-refractivity contribution in [3.05, 3.63) is 17.0 Å². The highest BCUT2D eigenvalue weighted by atomic mass is 32.2. The van der Waals surface area contributed by atoms with Gasteiger partial charge in [-0.3, -0.25) is 4.68 Å². The molecule has 0 aliphatic carbocycles. The van der Waals surface area contributed by atoms with Gasteiger partial charge in [0.05, 0.1) is 17.2 Å². The number of aryl methyl sites for hydroxylation is 1. The molecule has 0 atom stereocenters. The van der Waals surface area contributed by atoms with E-state index in [4.69, 9.17) is 5.26 Å². The number of hydrogen-bond donors (Lipinski definition) is 0. The molecular weight excluding hydrogens is 202 g/mol. The van der Waals surface area contributed by atoms with Gasteiger partial charge in [0, 0.05) is 12.6 Å². The fourth-order valence-electron chi connectivity index (χ4n) is 1.68. The summed E-state index contributed by atoms with van der Waals surface area (Å²) in [5, 5.41) is 12.9. The average Bonchev–Trinajstić information content (AvgIpc) is 2.37. The lowest BCUT2D eigenvalue weighted by atomic mass is 10.1. The fourth-order valence-corrected chi connectivity index (χ4v) is 2.99. The summed E-state index contributed by atoms with van der Waals surface area (Å²) in [5.41, 5.74) is 1.81. The second-order valence-electron chi connectivity index (χ2n) is 3.35. The van der Waals surface area contributed by atoms with Gasteiger partial charge in [0.25, 0.3) is 0 Å². The Hall–Kier alpha value is -1.35. The van der Waals surface area contributed by atoms with E-state index in [1.165, 1.54) is 4.68 Å². The Morgan fingerprint density at radius 2 is 2.29 bits per heavy atom. The molecule has 2 rings (SSSR count). The van der Waals surface area contributed by atoms with Gasteiger partial charge in [-0.25, -0.2) is 8.42 Å². The number of fused-ring (bicyclic) bond motifs is 1. The first-order valence-corrected chi connectivity index (χ1v) is 6.01. The van der Waals surface area contributed by atoms with Crippen molar-refractivity contribution in [3.8, 4) is 6.07 Å². The van der Waals surface area contributed by atoms with Gasteiger partial charge < -0.3 is 0 Å². The first-order chi connectivity index (χ1) is 6.53. The number of sulfone groups is 1. The van der Waals surface area contributed by atoms with E-state index in [1.54, 1.807) is 7.05 Å². The predicted molar refractivity (Wildman–Crippen MR) is 49.1 cm³/mol. The number of hydrogen-bond acceptors (Lipinski definition) is 4. The van der Waals surface area contributed by atoms with Gasteiger partial charge >= 0.3 is 0 Å². The monoisotopic (exact) mass is 211 g/mol. The van der Waals surface area contributed by atoms with Gasteiger partial charge in [0.1, 0.15) is 11.8 Å². The van der Waals surface area contributed by atoms with Crippen molar-refractivity contribution >= 4 is 9.84 Å². The molecule has 0 fully saturated rings. The second kappa shape index (κ2) is 2.82. The van der Waals surface area contributed by atoms with Crippen LogP contribution in [0.4, 0.5) is 0 Å². The maximum Gasteiger partial charge on any atom is 0.156 e. The van der Waals surface area contributed by atoms with Crippen molar-refractivity contribution in [2.75, 3.05) is 5.75 Å². The van der Waals surface area contributed by atoms with Crippen molar-refractivity contribution in [1.29, 1.82) is 5.26 Å². The molecule has 74 valence electrons. The maximum atomic E-state index is 11.3. The van der Waals surface area contributed by atoms with Crippen LogP contribution in [-0.2, 0) is 29.1 Å². The van der Waals surface area contributed by atoms with Crippen molar-refractivity contribution in [3.63, 3.8) is 0 Å². The average molecular weight is 211 g/mol. The Morgan fingerprint density at radius 1 is 1.57 bits per heavy atom. The molecule has 0 aromatic carbocycles. The molecule has 1 aromatic rings. The Balaban J connectivity index is 2.58. The van der Waals surface area contributed by atoms with Crippen LogP contribution < -0.4 is 0 Å². The van der Waals surface area contributed by atoms with Gasteiger partial charge in [0.2, 0.25) is 0 Å². The second-order valence-corrected chi connectivity index (χ2v) is 5.54. The molecule has 5 nitrogen and oxygen atoms in total. The summed E-state index contributed by atoms with van der Waals surface area (Å²) in [6.45, 7) is 0. The van der Waals surface area contributed by atoms with Crippen LogP contribution in [0.25, 0.3) is 0 Å². The van der Waals surface area contributed by atoms with E-state index >= 15 is 0 Å². The van der Waals surface area contributed by atoms with Crippen LogP contribution in [-0.4, -0.2) is 24.0 Å². The lowest BCUT2D eigenvalue weighted by Gasteiger charge is -2.09.